The predicted octanol–water partition coefficient (Wildman–Crippen LogP) is 2.94. The van der Waals surface area contributed by atoms with Crippen LogP contribution in [0.2, 0.25) is 0 Å². The number of aromatic nitrogens is 6. The molecule has 0 aliphatic carbocycles. The standard InChI is InChI=1S/C28H34F2N10O2/c1-35-10-12-38(13-11-35)28(41)37-8-6-19(7-9-37)40-25-20(18-31-40)24(33-27(34-25)36-14-16-42-17-15-36)39-22-5-3-2-4-21(22)32-26(39)23(29)30/h2-5,18-19,23H,6-17H2,1H3. The van der Waals surface area contributed by atoms with Crippen molar-refractivity contribution in [2.24, 2.45) is 0 Å². The fourth-order valence-electron chi connectivity index (χ4n) is 6.16. The minimum absolute atomic E-state index is 0.00780. The number of morpholine rings is 1. The number of nitrogens with zero attached hydrogens (tertiary/aromatic N) is 10. The number of carbonyl (C=O) groups is 1. The second-order valence-electron chi connectivity index (χ2n) is 11.2. The number of alkyl halides is 2. The van der Waals surface area contributed by atoms with Gasteiger partial charge in [-0.15, -0.1) is 0 Å². The number of imidazole rings is 1. The highest BCUT2D eigenvalue weighted by atomic mass is 19.3. The zero-order valence-electron chi connectivity index (χ0n) is 23.6. The summed E-state index contributed by atoms with van der Waals surface area (Å²) in [5.74, 6) is 0.412. The molecule has 42 heavy (non-hydrogen) atoms. The van der Waals surface area contributed by atoms with Crippen molar-refractivity contribution in [3.05, 3.63) is 36.3 Å². The number of likely N-dealkylation sites (tertiary alicyclic amines) is 1. The number of carbonyl (C=O) groups excluding carboxylic acids is 1. The SMILES string of the molecule is CN1CCN(C(=O)N2CCC(n3ncc4c(-n5c(C(F)F)nc6ccccc65)nc(N5CCOCC5)nc43)CC2)CC1. The number of hydrogen-bond donors (Lipinski definition) is 0. The molecule has 3 aliphatic heterocycles. The van der Waals surface area contributed by atoms with Crippen molar-refractivity contribution < 1.29 is 18.3 Å². The van der Waals surface area contributed by atoms with E-state index in [1.165, 1.54) is 4.57 Å². The topological polar surface area (TPSA) is 101 Å². The molecule has 0 bridgehead atoms. The first kappa shape index (κ1) is 27.0. The van der Waals surface area contributed by atoms with Gasteiger partial charge in [0.1, 0.15) is 0 Å². The van der Waals surface area contributed by atoms with Crippen molar-refractivity contribution in [2.75, 3.05) is 77.5 Å². The summed E-state index contributed by atoms with van der Waals surface area (Å²) >= 11 is 0. The van der Waals surface area contributed by atoms with Crippen LogP contribution in [-0.4, -0.2) is 123 Å². The summed E-state index contributed by atoms with van der Waals surface area (Å²) in [5, 5.41) is 5.31. The van der Waals surface area contributed by atoms with Gasteiger partial charge in [-0.25, -0.2) is 23.2 Å². The molecule has 0 N–H and O–H groups in total. The number of urea groups is 1. The van der Waals surface area contributed by atoms with E-state index in [1.807, 2.05) is 19.4 Å². The Kier molecular flexibility index (Phi) is 7.10. The summed E-state index contributed by atoms with van der Waals surface area (Å²) in [6.45, 7) is 6.75. The van der Waals surface area contributed by atoms with E-state index in [-0.39, 0.29) is 17.9 Å². The number of likely N-dealkylation sites (N-methyl/N-ethyl adjacent to an activating group) is 1. The number of ether oxygens (including phenoxy) is 1. The Morgan fingerprint density at radius 2 is 1.64 bits per heavy atom. The quantitative estimate of drug-likeness (QED) is 0.363. The predicted molar refractivity (Wildman–Crippen MR) is 152 cm³/mol. The molecule has 12 nitrogen and oxygen atoms in total. The summed E-state index contributed by atoms with van der Waals surface area (Å²) < 4.78 is 37.6. The maximum absolute atomic E-state index is 14.3. The molecule has 0 radical (unpaired) electrons. The molecular weight excluding hydrogens is 546 g/mol. The van der Waals surface area contributed by atoms with Crippen LogP contribution in [0.3, 0.4) is 0 Å². The maximum Gasteiger partial charge on any atom is 0.320 e. The Bertz CT molecular complexity index is 1580. The lowest BCUT2D eigenvalue weighted by Crippen LogP contribution is -2.53. The number of anilines is 1. The monoisotopic (exact) mass is 580 g/mol. The van der Waals surface area contributed by atoms with Gasteiger partial charge in [0.25, 0.3) is 6.43 Å². The number of rotatable bonds is 4. The highest BCUT2D eigenvalue weighted by molar-refractivity contribution is 5.88. The molecule has 222 valence electrons. The molecule has 0 saturated carbocycles. The lowest BCUT2D eigenvalue weighted by Gasteiger charge is -2.39. The van der Waals surface area contributed by atoms with E-state index in [0.29, 0.717) is 73.2 Å². The number of amides is 2. The average molecular weight is 581 g/mol. The van der Waals surface area contributed by atoms with Crippen LogP contribution in [0.25, 0.3) is 27.9 Å². The van der Waals surface area contributed by atoms with Crippen LogP contribution in [0.15, 0.2) is 30.5 Å². The molecule has 4 aromatic rings. The molecule has 0 spiro atoms. The van der Waals surface area contributed by atoms with E-state index < -0.39 is 6.43 Å². The summed E-state index contributed by atoms with van der Waals surface area (Å²) in [5.41, 5.74) is 1.60. The molecule has 3 saturated heterocycles. The molecule has 0 atom stereocenters. The number of benzene rings is 1. The molecule has 3 aliphatic rings. The third-order valence-corrected chi connectivity index (χ3v) is 8.56. The van der Waals surface area contributed by atoms with Crippen LogP contribution in [-0.2, 0) is 4.74 Å². The lowest BCUT2D eigenvalue weighted by molar-refractivity contribution is 0.108. The summed E-state index contributed by atoms with van der Waals surface area (Å²) in [6, 6.07) is 7.18. The molecule has 7 rings (SSSR count). The number of hydrogen-bond acceptors (Lipinski definition) is 8. The van der Waals surface area contributed by atoms with Gasteiger partial charge in [0.05, 0.1) is 41.9 Å². The van der Waals surface area contributed by atoms with E-state index in [2.05, 4.69) is 16.9 Å². The Morgan fingerprint density at radius 1 is 0.929 bits per heavy atom. The molecular formula is C28H34F2N10O2. The maximum atomic E-state index is 14.3. The molecule has 1 aromatic carbocycles. The van der Waals surface area contributed by atoms with Gasteiger partial charge >= 0.3 is 6.03 Å². The third kappa shape index (κ3) is 4.81. The van der Waals surface area contributed by atoms with Gasteiger partial charge in [0.15, 0.2) is 17.3 Å². The zero-order chi connectivity index (χ0) is 28.8. The molecule has 3 aromatic heterocycles. The third-order valence-electron chi connectivity index (χ3n) is 8.56. The lowest BCUT2D eigenvalue weighted by atomic mass is 10.1. The normalized spacial score (nSPS) is 19.5. The van der Waals surface area contributed by atoms with Gasteiger partial charge in [-0.1, -0.05) is 12.1 Å². The van der Waals surface area contributed by atoms with E-state index in [1.54, 1.807) is 30.5 Å². The number of halogens is 2. The van der Waals surface area contributed by atoms with Gasteiger partial charge in [-0.3, -0.25) is 4.57 Å². The smallest absolute Gasteiger partial charge is 0.320 e. The zero-order valence-corrected chi connectivity index (χ0v) is 23.6. The van der Waals surface area contributed by atoms with Crippen LogP contribution < -0.4 is 4.90 Å². The van der Waals surface area contributed by atoms with Gasteiger partial charge < -0.3 is 24.3 Å². The van der Waals surface area contributed by atoms with Crippen LogP contribution in [0.5, 0.6) is 0 Å². The minimum atomic E-state index is -2.80. The molecule has 3 fully saturated rings. The first-order valence-corrected chi connectivity index (χ1v) is 14.5. The van der Waals surface area contributed by atoms with Crippen LogP contribution >= 0.6 is 0 Å². The van der Waals surface area contributed by atoms with E-state index in [0.717, 1.165) is 39.0 Å². The summed E-state index contributed by atoms with van der Waals surface area (Å²) in [6.07, 6.45) is 0.309. The van der Waals surface area contributed by atoms with E-state index in [9.17, 15) is 13.6 Å². The molecule has 6 heterocycles. The highest BCUT2D eigenvalue weighted by Crippen LogP contribution is 2.34. The summed E-state index contributed by atoms with van der Waals surface area (Å²) in [4.78, 5) is 35.3. The second kappa shape index (κ2) is 11.1. The van der Waals surface area contributed by atoms with Gasteiger partial charge in [-0.05, 0) is 32.0 Å². The fourth-order valence-corrected chi connectivity index (χ4v) is 6.16. The Balaban J connectivity index is 1.25. The summed E-state index contributed by atoms with van der Waals surface area (Å²) in [7, 11) is 2.07. The minimum Gasteiger partial charge on any atom is -0.378 e. The van der Waals surface area contributed by atoms with Gasteiger partial charge in [-0.2, -0.15) is 15.1 Å². The van der Waals surface area contributed by atoms with Crippen molar-refractivity contribution in [1.29, 1.82) is 0 Å². The van der Waals surface area contributed by atoms with E-state index in [4.69, 9.17) is 19.8 Å². The number of piperidine rings is 1. The van der Waals surface area contributed by atoms with Crippen molar-refractivity contribution in [1.82, 2.24) is 44.0 Å². The number of para-hydroxylation sites is 2. The van der Waals surface area contributed by atoms with Crippen molar-refractivity contribution in [3.8, 4) is 5.82 Å². The fraction of sp³-hybridized carbons (Fsp3) is 0.536. The highest BCUT2D eigenvalue weighted by Gasteiger charge is 2.31. The van der Waals surface area contributed by atoms with Gasteiger partial charge in [0, 0.05) is 52.4 Å². The van der Waals surface area contributed by atoms with Gasteiger partial charge in [0.2, 0.25) is 5.95 Å². The first-order chi connectivity index (χ1) is 20.5. The molecule has 14 heteroatoms. The van der Waals surface area contributed by atoms with Crippen LogP contribution in [0, 0.1) is 0 Å². The average Bonchev–Trinajstić information content (AvgIpc) is 3.64. The number of piperazine rings is 1. The Hall–Kier alpha value is -3.91. The van der Waals surface area contributed by atoms with Crippen molar-refractivity contribution >= 4 is 34.0 Å². The van der Waals surface area contributed by atoms with E-state index >= 15 is 0 Å². The largest absolute Gasteiger partial charge is 0.378 e. The molecule has 2 amide bonds. The van der Waals surface area contributed by atoms with Crippen LogP contribution in [0.4, 0.5) is 19.5 Å². The van der Waals surface area contributed by atoms with Crippen LogP contribution in [0.1, 0.15) is 31.1 Å². The first-order valence-electron chi connectivity index (χ1n) is 14.5. The van der Waals surface area contributed by atoms with Crippen molar-refractivity contribution in [3.63, 3.8) is 0 Å². The number of fused-ring (bicyclic) bond motifs is 2. The second-order valence-corrected chi connectivity index (χ2v) is 11.2. The Labute approximate surface area is 241 Å². The Morgan fingerprint density at radius 3 is 2.38 bits per heavy atom. The molecule has 0 unspecified atom stereocenters. The van der Waals surface area contributed by atoms with Crippen molar-refractivity contribution in [2.45, 2.75) is 25.3 Å².